The number of hydrogen-bond acceptors (Lipinski definition) is 2. The fourth-order valence-corrected chi connectivity index (χ4v) is 2.91. The smallest absolute Gasteiger partial charge is 0.268 e. The maximum Gasteiger partial charge on any atom is 0.288 e. The van der Waals surface area contributed by atoms with Gasteiger partial charge in [0.2, 0.25) is 11.0 Å². The first kappa shape index (κ1) is 12.0. The van der Waals surface area contributed by atoms with Crippen LogP contribution in [0.3, 0.4) is 0 Å². The molecule has 4 nitrogen and oxygen atoms in total. The summed E-state index contributed by atoms with van der Waals surface area (Å²) in [7, 11) is 0. The van der Waals surface area contributed by atoms with Gasteiger partial charge in [-0.25, -0.2) is 0 Å². The molecule has 0 bridgehead atoms. The molecule has 102 valence electrons. The summed E-state index contributed by atoms with van der Waals surface area (Å²) in [4.78, 5) is 24.3. The van der Waals surface area contributed by atoms with Gasteiger partial charge in [-0.3, -0.25) is 9.59 Å². The molecule has 21 heavy (non-hydrogen) atoms. The molecule has 4 heteroatoms. The van der Waals surface area contributed by atoms with Crippen molar-refractivity contribution in [3.63, 3.8) is 0 Å². The van der Waals surface area contributed by atoms with Gasteiger partial charge in [0.25, 0.3) is 11.8 Å². The standard InChI is InChI=1S/C17H13N2O2/c20-16-9-10-17(21)19(16)18-14-7-3-1-5-12(14)11-13-6-2-4-8-15(13)18/h1-8,11H,9-10H2/q+1. The van der Waals surface area contributed by atoms with Gasteiger partial charge in [0.05, 0.1) is 0 Å². The molecule has 2 heterocycles. The Morgan fingerprint density at radius 3 is 1.76 bits per heavy atom. The average Bonchev–Trinajstić information content (AvgIpc) is 2.84. The number of aromatic nitrogens is 1. The van der Waals surface area contributed by atoms with E-state index in [4.69, 9.17) is 0 Å². The lowest BCUT2D eigenvalue weighted by Gasteiger charge is -2.11. The van der Waals surface area contributed by atoms with Crippen LogP contribution in [0.2, 0.25) is 0 Å². The predicted molar refractivity (Wildman–Crippen MR) is 79.1 cm³/mol. The fraction of sp³-hybridized carbons (Fsp3) is 0.118. The number of fused-ring (bicyclic) bond motifs is 2. The van der Waals surface area contributed by atoms with Gasteiger partial charge >= 0.3 is 0 Å². The van der Waals surface area contributed by atoms with Crippen LogP contribution in [0.1, 0.15) is 12.8 Å². The van der Waals surface area contributed by atoms with Crippen LogP contribution in [0.15, 0.2) is 54.6 Å². The maximum absolute atomic E-state index is 12.2. The quantitative estimate of drug-likeness (QED) is 0.388. The van der Waals surface area contributed by atoms with E-state index in [9.17, 15) is 9.59 Å². The highest BCUT2D eigenvalue weighted by Gasteiger charge is 2.39. The molecule has 1 saturated heterocycles. The van der Waals surface area contributed by atoms with Crippen molar-refractivity contribution in [1.29, 1.82) is 0 Å². The number of pyridine rings is 1. The van der Waals surface area contributed by atoms with Crippen molar-refractivity contribution in [1.82, 2.24) is 0 Å². The minimum atomic E-state index is -0.147. The highest BCUT2D eigenvalue weighted by Crippen LogP contribution is 2.19. The minimum Gasteiger partial charge on any atom is -0.268 e. The molecule has 1 aromatic heterocycles. The molecule has 0 spiro atoms. The first-order valence-electron chi connectivity index (χ1n) is 6.94. The van der Waals surface area contributed by atoms with E-state index in [-0.39, 0.29) is 24.7 Å². The Labute approximate surface area is 121 Å². The lowest BCUT2D eigenvalue weighted by atomic mass is 10.1. The summed E-state index contributed by atoms with van der Waals surface area (Å²) >= 11 is 0. The number of benzene rings is 2. The molecule has 0 atom stereocenters. The number of rotatable bonds is 1. The summed E-state index contributed by atoms with van der Waals surface area (Å²) in [6.45, 7) is 0. The summed E-state index contributed by atoms with van der Waals surface area (Å²) in [5, 5.41) is 3.29. The van der Waals surface area contributed by atoms with Gasteiger partial charge in [-0.1, -0.05) is 28.9 Å². The highest BCUT2D eigenvalue weighted by atomic mass is 16.2. The van der Waals surface area contributed by atoms with E-state index in [1.165, 1.54) is 5.01 Å². The number of hydrogen-bond donors (Lipinski definition) is 0. The van der Waals surface area contributed by atoms with E-state index in [1.54, 1.807) is 4.68 Å². The van der Waals surface area contributed by atoms with Gasteiger partial charge in [0.1, 0.15) is 0 Å². The second kappa shape index (κ2) is 4.38. The summed E-state index contributed by atoms with van der Waals surface area (Å²) in [6, 6.07) is 17.7. The molecule has 0 saturated carbocycles. The summed E-state index contributed by atoms with van der Waals surface area (Å²) in [6.07, 6.45) is 0.562. The molecular weight excluding hydrogens is 264 g/mol. The van der Waals surface area contributed by atoms with E-state index in [0.717, 1.165) is 21.8 Å². The van der Waals surface area contributed by atoms with Crippen molar-refractivity contribution in [3.05, 3.63) is 54.6 Å². The number of para-hydroxylation sites is 2. The van der Waals surface area contributed by atoms with Gasteiger partial charge in [-0.05, 0) is 23.2 Å². The molecular formula is C17H13N2O2+. The van der Waals surface area contributed by atoms with Crippen LogP contribution >= 0.6 is 0 Å². The first-order chi connectivity index (χ1) is 10.3. The average molecular weight is 277 g/mol. The van der Waals surface area contributed by atoms with Gasteiger partial charge in [-0.2, -0.15) is 0 Å². The first-order valence-corrected chi connectivity index (χ1v) is 6.94. The molecule has 1 aliphatic rings. The Morgan fingerprint density at radius 1 is 0.762 bits per heavy atom. The molecule has 1 aliphatic heterocycles. The second-order valence-electron chi connectivity index (χ2n) is 5.17. The van der Waals surface area contributed by atoms with Crippen molar-refractivity contribution < 1.29 is 14.3 Å². The second-order valence-corrected chi connectivity index (χ2v) is 5.17. The van der Waals surface area contributed by atoms with Gasteiger partial charge in [0, 0.05) is 35.7 Å². The van der Waals surface area contributed by atoms with Gasteiger partial charge in [0.15, 0.2) is 0 Å². The largest absolute Gasteiger partial charge is 0.288 e. The lowest BCUT2D eigenvalue weighted by molar-refractivity contribution is -0.620. The zero-order valence-corrected chi connectivity index (χ0v) is 11.3. The molecule has 0 N–H and O–H groups in total. The highest BCUT2D eigenvalue weighted by molar-refractivity contribution is 6.12. The van der Waals surface area contributed by atoms with E-state index in [0.29, 0.717) is 0 Å². The van der Waals surface area contributed by atoms with Gasteiger partial charge < -0.3 is 0 Å². The Hall–Kier alpha value is -2.75. The SMILES string of the molecule is O=C1CCC(=O)N1[n+]1c2ccccc2cc2ccccc21. The molecule has 0 radical (unpaired) electrons. The van der Waals surface area contributed by atoms with Crippen LogP contribution in [0, 0.1) is 0 Å². The van der Waals surface area contributed by atoms with Crippen molar-refractivity contribution in [2.75, 3.05) is 5.01 Å². The van der Waals surface area contributed by atoms with Crippen LogP contribution < -0.4 is 9.69 Å². The van der Waals surface area contributed by atoms with Crippen molar-refractivity contribution >= 4 is 33.6 Å². The maximum atomic E-state index is 12.2. The monoisotopic (exact) mass is 277 g/mol. The van der Waals surface area contributed by atoms with E-state index in [1.807, 2.05) is 48.5 Å². The van der Waals surface area contributed by atoms with E-state index >= 15 is 0 Å². The van der Waals surface area contributed by atoms with Crippen LogP contribution in [0.25, 0.3) is 21.8 Å². The Balaban J connectivity index is 2.17. The van der Waals surface area contributed by atoms with Crippen LogP contribution in [0.5, 0.6) is 0 Å². The number of imide groups is 1. The Morgan fingerprint density at radius 2 is 1.24 bits per heavy atom. The topological polar surface area (TPSA) is 41.3 Å². The zero-order chi connectivity index (χ0) is 14.4. The van der Waals surface area contributed by atoms with E-state index in [2.05, 4.69) is 6.07 Å². The summed E-state index contributed by atoms with van der Waals surface area (Å²) < 4.78 is 1.75. The molecule has 4 rings (SSSR count). The normalized spacial score (nSPS) is 15.3. The fourth-order valence-electron chi connectivity index (χ4n) is 2.91. The van der Waals surface area contributed by atoms with Crippen LogP contribution in [-0.2, 0) is 9.59 Å². The van der Waals surface area contributed by atoms with Crippen molar-refractivity contribution in [2.45, 2.75) is 12.8 Å². The number of carbonyl (C=O) groups is 2. The number of amides is 2. The molecule has 1 fully saturated rings. The third kappa shape index (κ3) is 1.72. The molecule has 0 unspecified atom stereocenters. The van der Waals surface area contributed by atoms with Gasteiger partial charge in [-0.15, -0.1) is 0 Å². The molecule has 2 aromatic carbocycles. The van der Waals surface area contributed by atoms with Crippen molar-refractivity contribution in [2.24, 2.45) is 0 Å². The van der Waals surface area contributed by atoms with E-state index < -0.39 is 0 Å². The summed E-state index contributed by atoms with van der Waals surface area (Å²) in [5.74, 6) is -0.294. The Bertz CT molecular complexity index is 832. The summed E-state index contributed by atoms with van der Waals surface area (Å²) in [5.41, 5.74) is 1.72. The molecule has 3 aromatic rings. The molecule has 0 aliphatic carbocycles. The zero-order valence-electron chi connectivity index (χ0n) is 11.3. The molecule has 2 amide bonds. The Kier molecular flexibility index (Phi) is 2.51. The lowest BCUT2D eigenvalue weighted by Crippen LogP contribution is -2.61. The van der Waals surface area contributed by atoms with Crippen molar-refractivity contribution in [3.8, 4) is 0 Å². The number of carbonyl (C=O) groups excluding carboxylic acids is 2. The third-order valence-corrected chi connectivity index (χ3v) is 3.87. The minimum absolute atomic E-state index is 0.147. The number of nitrogens with zero attached hydrogens (tertiary/aromatic N) is 2. The third-order valence-electron chi connectivity index (χ3n) is 3.87. The van der Waals surface area contributed by atoms with Crippen LogP contribution in [0.4, 0.5) is 0 Å². The van der Waals surface area contributed by atoms with Crippen LogP contribution in [-0.4, -0.2) is 11.8 Å². The predicted octanol–water partition coefficient (Wildman–Crippen LogP) is 2.07.